The molecule has 0 bridgehead atoms. The highest BCUT2D eigenvalue weighted by Gasteiger charge is 2.19. The molecule has 6 nitrogen and oxygen atoms in total. The van der Waals surface area contributed by atoms with Gasteiger partial charge in [-0.05, 0) is 49.4 Å². The van der Waals surface area contributed by atoms with Gasteiger partial charge in [-0.3, -0.25) is 4.79 Å². The van der Waals surface area contributed by atoms with Gasteiger partial charge in [0.25, 0.3) is 0 Å². The molecule has 1 heterocycles. The van der Waals surface area contributed by atoms with E-state index in [0.29, 0.717) is 19.4 Å². The van der Waals surface area contributed by atoms with Crippen LogP contribution in [0, 0.1) is 0 Å². The first-order valence-electron chi connectivity index (χ1n) is 9.98. The number of hydrogen-bond donors (Lipinski definition) is 2. The van der Waals surface area contributed by atoms with Gasteiger partial charge in [0, 0.05) is 25.6 Å². The summed E-state index contributed by atoms with van der Waals surface area (Å²) in [4.78, 5) is 12.2. The molecule has 2 atom stereocenters. The van der Waals surface area contributed by atoms with Crippen molar-refractivity contribution in [2.75, 3.05) is 13.2 Å². The van der Waals surface area contributed by atoms with Gasteiger partial charge >= 0.3 is 0 Å². The summed E-state index contributed by atoms with van der Waals surface area (Å²) in [5, 5.41) is 2.90. The lowest BCUT2D eigenvalue weighted by atomic mass is 10.1. The van der Waals surface area contributed by atoms with Gasteiger partial charge in [-0.2, -0.15) is 0 Å². The van der Waals surface area contributed by atoms with Gasteiger partial charge in [0.15, 0.2) is 0 Å². The summed E-state index contributed by atoms with van der Waals surface area (Å²) in [6.07, 6.45) is 3.10. The van der Waals surface area contributed by atoms with E-state index < -0.39 is 10.0 Å². The third-order valence-electron chi connectivity index (χ3n) is 5.06. The Morgan fingerprint density at radius 3 is 2.52 bits per heavy atom. The molecule has 2 N–H and O–H groups in total. The zero-order chi connectivity index (χ0) is 20.7. The number of hydrogen-bond acceptors (Lipinski definition) is 4. The molecule has 1 amide bonds. The maximum atomic E-state index is 12.6. The lowest BCUT2D eigenvalue weighted by Crippen LogP contribution is -2.31. The van der Waals surface area contributed by atoms with Crippen molar-refractivity contribution in [2.45, 2.75) is 49.6 Å². The molecule has 29 heavy (non-hydrogen) atoms. The predicted octanol–water partition coefficient (Wildman–Crippen LogP) is 2.95. The van der Waals surface area contributed by atoms with Crippen LogP contribution in [0.5, 0.6) is 0 Å². The third kappa shape index (κ3) is 6.39. The highest BCUT2D eigenvalue weighted by Crippen LogP contribution is 2.18. The minimum atomic E-state index is -3.62. The van der Waals surface area contributed by atoms with Crippen molar-refractivity contribution in [1.82, 2.24) is 10.0 Å². The maximum Gasteiger partial charge on any atom is 0.241 e. The summed E-state index contributed by atoms with van der Waals surface area (Å²) in [6.45, 7) is 3.15. The molecule has 0 saturated carbocycles. The maximum absolute atomic E-state index is 12.6. The fourth-order valence-electron chi connectivity index (χ4n) is 3.33. The smallest absolute Gasteiger partial charge is 0.241 e. The average molecular weight is 417 g/mol. The number of ether oxygens (including phenoxy) is 1. The topological polar surface area (TPSA) is 84.5 Å². The Labute approximate surface area is 172 Å². The first-order valence-corrected chi connectivity index (χ1v) is 11.5. The number of benzene rings is 2. The largest absolute Gasteiger partial charge is 0.376 e. The molecule has 0 spiro atoms. The number of aryl methyl sites for hydroxylation is 1. The van der Waals surface area contributed by atoms with E-state index in [0.717, 1.165) is 30.6 Å². The molecule has 0 aromatic heterocycles. The molecule has 0 aliphatic carbocycles. The second-order valence-electron chi connectivity index (χ2n) is 7.34. The zero-order valence-corrected chi connectivity index (χ0v) is 17.5. The van der Waals surface area contributed by atoms with Crippen molar-refractivity contribution in [2.24, 2.45) is 0 Å². The van der Waals surface area contributed by atoms with Crippen LogP contribution in [-0.4, -0.2) is 33.6 Å². The average Bonchev–Trinajstić information content (AvgIpc) is 3.25. The van der Waals surface area contributed by atoms with E-state index in [9.17, 15) is 13.2 Å². The van der Waals surface area contributed by atoms with E-state index in [1.54, 1.807) is 24.3 Å². The van der Waals surface area contributed by atoms with Crippen molar-refractivity contribution in [3.8, 4) is 0 Å². The fourth-order valence-corrected chi connectivity index (χ4v) is 4.56. The molecule has 1 aliphatic rings. The lowest BCUT2D eigenvalue weighted by molar-refractivity contribution is -0.121. The molecule has 156 valence electrons. The van der Waals surface area contributed by atoms with Gasteiger partial charge < -0.3 is 10.1 Å². The quantitative estimate of drug-likeness (QED) is 0.658. The zero-order valence-electron chi connectivity index (χ0n) is 16.6. The van der Waals surface area contributed by atoms with E-state index in [2.05, 4.69) is 10.0 Å². The number of carbonyl (C=O) groups excluding carboxylic acids is 1. The summed E-state index contributed by atoms with van der Waals surface area (Å²) in [7, 11) is -3.62. The molecule has 0 unspecified atom stereocenters. The minimum absolute atomic E-state index is 0.0180. The van der Waals surface area contributed by atoms with Gasteiger partial charge in [0.05, 0.1) is 11.0 Å². The van der Waals surface area contributed by atoms with Crippen LogP contribution in [-0.2, 0) is 26.0 Å². The van der Waals surface area contributed by atoms with Crippen molar-refractivity contribution in [3.05, 3.63) is 65.7 Å². The van der Waals surface area contributed by atoms with E-state index in [-0.39, 0.29) is 22.9 Å². The molecule has 0 radical (unpaired) electrons. The van der Waals surface area contributed by atoms with Gasteiger partial charge in [-0.1, -0.05) is 42.5 Å². The van der Waals surface area contributed by atoms with Crippen LogP contribution >= 0.6 is 0 Å². The minimum Gasteiger partial charge on any atom is -0.376 e. The first-order chi connectivity index (χ1) is 13.9. The van der Waals surface area contributed by atoms with Gasteiger partial charge in [0.1, 0.15) is 0 Å². The Morgan fingerprint density at radius 1 is 1.14 bits per heavy atom. The molecule has 1 saturated heterocycles. The molecule has 2 aromatic carbocycles. The van der Waals surface area contributed by atoms with Crippen LogP contribution in [0.25, 0.3) is 0 Å². The second kappa shape index (κ2) is 10.0. The second-order valence-corrected chi connectivity index (χ2v) is 9.05. The summed E-state index contributed by atoms with van der Waals surface area (Å²) < 4.78 is 33.4. The molecule has 1 aliphatic heterocycles. The van der Waals surface area contributed by atoms with Crippen LogP contribution in [0.4, 0.5) is 0 Å². The molecular formula is C22H28N2O4S. The van der Waals surface area contributed by atoms with Crippen molar-refractivity contribution >= 4 is 15.9 Å². The van der Waals surface area contributed by atoms with Gasteiger partial charge in [-0.25, -0.2) is 13.1 Å². The van der Waals surface area contributed by atoms with Crippen molar-refractivity contribution in [3.63, 3.8) is 0 Å². The normalized spacial score (nSPS) is 17.8. The number of rotatable bonds is 9. The van der Waals surface area contributed by atoms with Gasteiger partial charge in [0.2, 0.25) is 15.9 Å². The van der Waals surface area contributed by atoms with Crippen LogP contribution in [0.3, 0.4) is 0 Å². The van der Waals surface area contributed by atoms with E-state index in [1.165, 1.54) is 0 Å². The molecule has 1 fully saturated rings. The molecular weight excluding hydrogens is 388 g/mol. The molecule has 2 aromatic rings. The Hall–Kier alpha value is -2.22. The SMILES string of the molecule is C[C@@H](NS(=O)(=O)c1ccc(CCC(=O)NC[C@H]2CCCO2)cc1)c1ccccc1. The highest BCUT2D eigenvalue weighted by atomic mass is 32.2. The van der Waals surface area contributed by atoms with Crippen molar-refractivity contribution in [1.29, 1.82) is 0 Å². The fraction of sp³-hybridized carbons (Fsp3) is 0.409. The Bertz CT molecular complexity index is 892. The Kier molecular flexibility index (Phi) is 7.41. The van der Waals surface area contributed by atoms with Crippen molar-refractivity contribution < 1.29 is 17.9 Å². The Balaban J connectivity index is 1.50. The summed E-state index contributed by atoms with van der Waals surface area (Å²) in [6, 6.07) is 15.8. The summed E-state index contributed by atoms with van der Waals surface area (Å²) in [5.74, 6) is -0.0180. The summed E-state index contributed by atoms with van der Waals surface area (Å²) in [5.41, 5.74) is 1.83. The number of carbonyl (C=O) groups is 1. The highest BCUT2D eigenvalue weighted by molar-refractivity contribution is 7.89. The monoisotopic (exact) mass is 416 g/mol. The van der Waals surface area contributed by atoms with Crippen LogP contribution in [0.2, 0.25) is 0 Å². The standard InChI is InChI=1S/C22H28N2O4S/c1-17(19-6-3-2-4-7-19)24-29(26,27)21-12-9-18(10-13-21)11-14-22(25)23-16-20-8-5-15-28-20/h2-4,6-7,9-10,12-13,17,20,24H,5,8,11,14-16H2,1H3,(H,23,25)/t17-,20-/m1/s1. The molecule has 7 heteroatoms. The van der Waals surface area contributed by atoms with Crippen LogP contribution < -0.4 is 10.0 Å². The lowest BCUT2D eigenvalue weighted by Gasteiger charge is -2.15. The van der Waals surface area contributed by atoms with E-state index >= 15 is 0 Å². The van der Waals surface area contributed by atoms with Gasteiger partial charge in [-0.15, -0.1) is 0 Å². The van der Waals surface area contributed by atoms with Crippen LogP contribution in [0.1, 0.15) is 43.4 Å². The van der Waals surface area contributed by atoms with Crippen LogP contribution in [0.15, 0.2) is 59.5 Å². The van der Waals surface area contributed by atoms with E-state index in [4.69, 9.17) is 4.74 Å². The number of amides is 1. The van der Waals surface area contributed by atoms with E-state index in [1.807, 2.05) is 37.3 Å². The third-order valence-corrected chi connectivity index (χ3v) is 6.61. The first kappa shape index (κ1) is 21.5. The molecule has 3 rings (SSSR count). The predicted molar refractivity (Wildman–Crippen MR) is 112 cm³/mol. The number of sulfonamides is 1. The number of nitrogens with one attached hydrogen (secondary N) is 2. The Morgan fingerprint density at radius 2 is 1.86 bits per heavy atom. The summed E-state index contributed by atoms with van der Waals surface area (Å²) >= 11 is 0.